The Labute approximate surface area is 129 Å². The van der Waals surface area contributed by atoms with E-state index in [0.29, 0.717) is 12.5 Å². The van der Waals surface area contributed by atoms with Crippen LogP contribution in [0.4, 0.5) is 0 Å². The summed E-state index contributed by atoms with van der Waals surface area (Å²) in [6, 6.07) is 8.42. The molecule has 2 rings (SSSR count). The second kappa shape index (κ2) is 8.56. The van der Waals surface area contributed by atoms with Crippen LogP contribution >= 0.6 is 28.3 Å². The standard InChI is InChI=1S/C14H19BrN2O.ClH/c15-13-4-2-1-3-11(13)5-6-14(18)17-12-7-9-16-10-8-12;/h1-4,12,16H,5-10H2,(H,17,18);1H. The monoisotopic (exact) mass is 346 g/mol. The van der Waals surface area contributed by atoms with Gasteiger partial charge in [-0.1, -0.05) is 34.1 Å². The molecule has 0 radical (unpaired) electrons. The molecular formula is C14H20BrClN2O. The molecule has 0 saturated carbocycles. The number of halogens is 2. The van der Waals surface area contributed by atoms with Crippen molar-refractivity contribution in [1.82, 2.24) is 10.6 Å². The van der Waals surface area contributed by atoms with Crippen molar-refractivity contribution in [1.29, 1.82) is 0 Å². The van der Waals surface area contributed by atoms with Crippen LogP contribution in [0.2, 0.25) is 0 Å². The molecule has 1 aromatic carbocycles. The number of nitrogens with one attached hydrogen (secondary N) is 2. The van der Waals surface area contributed by atoms with Crippen LogP contribution in [0.3, 0.4) is 0 Å². The molecule has 1 saturated heterocycles. The quantitative estimate of drug-likeness (QED) is 0.879. The van der Waals surface area contributed by atoms with Gasteiger partial charge in [-0.15, -0.1) is 12.4 Å². The topological polar surface area (TPSA) is 41.1 Å². The van der Waals surface area contributed by atoms with E-state index in [9.17, 15) is 4.79 Å². The third-order valence-corrected chi connectivity index (χ3v) is 4.06. The Morgan fingerprint density at radius 3 is 2.68 bits per heavy atom. The minimum atomic E-state index is 0. The van der Waals surface area contributed by atoms with E-state index in [0.717, 1.165) is 36.8 Å². The molecular weight excluding hydrogens is 328 g/mol. The largest absolute Gasteiger partial charge is 0.353 e. The van der Waals surface area contributed by atoms with Gasteiger partial charge >= 0.3 is 0 Å². The summed E-state index contributed by atoms with van der Waals surface area (Å²) in [5.41, 5.74) is 1.19. The minimum Gasteiger partial charge on any atom is -0.353 e. The van der Waals surface area contributed by atoms with Crippen LogP contribution < -0.4 is 10.6 Å². The van der Waals surface area contributed by atoms with Crippen molar-refractivity contribution in [3.63, 3.8) is 0 Å². The number of benzene rings is 1. The number of piperidine rings is 1. The number of hydrogen-bond donors (Lipinski definition) is 2. The fourth-order valence-corrected chi connectivity index (χ4v) is 2.70. The molecule has 1 amide bonds. The van der Waals surface area contributed by atoms with E-state index >= 15 is 0 Å². The Bertz CT molecular complexity index is 408. The van der Waals surface area contributed by atoms with Gasteiger partial charge in [0.15, 0.2) is 0 Å². The van der Waals surface area contributed by atoms with Gasteiger partial charge in [0.1, 0.15) is 0 Å². The summed E-state index contributed by atoms with van der Waals surface area (Å²) in [5.74, 6) is 0.164. The Morgan fingerprint density at radius 2 is 2.00 bits per heavy atom. The number of hydrogen-bond acceptors (Lipinski definition) is 2. The molecule has 0 aromatic heterocycles. The van der Waals surface area contributed by atoms with Gasteiger partial charge in [-0.2, -0.15) is 0 Å². The van der Waals surface area contributed by atoms with Crippen molar-refractivity contribution in [2.45, 2.75) is 31.7 Å². The van der Waals surface area contributed by atoms with Crippen LogP contribution in [0.1, 0.15) is 24.8 Å². The molecule has 0 aliphatic carbocycles. The van der Waals surface area contributed by atoms with E-state index in [1.54, 1.807) is 0 Å². The summed E-state index contributed by atoms with van der Waals surface area (Å²) in [6.07, 6.45) is 3.44. The molecule has 3 nitrogen and oxygen atoms in total. The maximum atomic E-state index is 11.8. The predicted molar refractivity (Wildman–Crippen MR) is 83.7 cm³/mol. The highest BCUT2D eigenvalue weighted by atomic mass is 79.9. The van der Waals surface area contributed by atoms with Crippen LogP contribution in [0, 0.1) is 0 Å². The number of aryl methyl sites for hydroxylation is 1. The van der Waals surface area contributed by atoms with Crippen molar-refractivity contribution in [3.05, 3.63) is 34.3 Å². The fourth-order valence-electron chi connectivity index (χ4n) is 2.22. The Morgan fingerprint density at radius 1 is 1.32 bits per heavy atom. The smallest absolute Gasteiger partial charge is 0.220 e. The van der Waals surface area contributed by atoms with Crippen molar-refractivity contribution >= 4 is 34.2 Å². The third kappa shape index (κ3) is 5.51. The molecule has 5 heteroatoms. The second-order valence-corrected chi connectivity index (χ2v) is 5.54. The molecule has 1 aromatic rings. The lowest BCUT2D eigenvalue weighted by Crippen LogP contribution is -2.42. The average molecular weight is 348 g/mol. The van der Waals surface area contributed by atoms with E-state index < -0.39 is 0 Å². The summed E-state index contributed by atoms with van der Waals surface area (Å²) in [7, 11) is 0. The van der Waals surface area contributed by atoms with E-state index in [4.69, 9.17) is 0 Å². The SMILES string of the molecule is Cl.O=C(CCc1ccccc1Br)NC1CCNCC1. The summed E-state index contributed by atoms with van der Waals surface area (Å²) in [6.45, 7) is 2.02. The summed E-state index contributed by atoms with van der Waals surface area (Å²) in [5, 5.41) is 6.41. The lowest BCUT2D eigenvalue weighted by Gasteiger charge is -2.23. The second-order valence-electron chi connectivity index (χ2n) is 4.68. The molecule has 1 aliphatic heterocycles. The minimum absolute atomic E-state index is 0. The highest BCUT2D eigenvalue weighted by Gasteiger charge is 2.15. The molecule has 2 N–H and O–H groups in total. The molecule has 1 heterocycles. The first-order chi connectivity index (χ1) is 8.75. The van der Waals surface area contributed by atoms with Crippen LogP contribution in [0.15, 0.2) is 28.7 Å². The highest BCUT2D eigenvalue weighted by molar-refractivity contribution is 9.10. The number of amides is 1. The van der Waals surface area contributed by atoms with E-state index in [2.05, 4.69) is 32.6 Å². The lowest BCUT2D eigenvalue weighted by molar-refractivity contribution is -0.121. The average Bonchev–Trinajstić information content (AvgIpc) is 2.39. The number of carbonyl (C=O) groups excluding carboxylic acids is 1. The summed E-state index contributed by atoms with van der Waals surface area (Å²) >= 11 is 3.50. The summed E-state index contributed by atoms with van der Waals surface area (Å²) in [4.78, 5) is 11.8. The zero-order chi connectivity index (χ0) is 12.8. The van der Waals surface area contributed by atoms with E-state index in [1.165, 1.54) is 5.56 Å². The zero-order valence-electron chi connectivity index (χ0n) is 10.8. The molecule has 106 valence electrons. The van der Waals surface area contributed by atoms with Crippen LogP contribution in [-0.2, 0) is 11.2 Å². The van der Waals surface area contributed by atoms with Gasteiger partial charge in [0, 0.05) is 16.9 Å². The molecule has 19 heavy (non-hydrogen) atoms. The molecule has 0 unspecified atom stereocenters. The van der Waals surface area contributed by atoms with E-state index in [-0.39, 0.29) is 18.3 Å². The third-order valence-electron chi connectivity index (χ3n) is 3.28. The predicted octanol–water partition coefficient (Wildman–Crippen LogP) is 2.67. The van der Waals surface area contributed by atoms with Gasteiger partial charge < -0.3 is 10.6 Å². The van der Waals surface area contributed by atoms with Crippen LogP contribution in [0.25, 0.3) is 0 Å². The molecule has 0 atom stereocenters. The molecule has 0 spiro atoms. The molecule has 0 bridgehead atoms. The normalized spacial score (nSPS) is 15.6. The van der Waals surface area contributed by atoms with Crippen molar-refractivity contribution in [2.24, 2.45) is 0 Å². The van der Waals surface area contributed by atoms with Gasteiger partial charge in [0.05, 0.1) is 0 Å². The zero-order valence-corrected chi connectivity index (χ0v) is 13.2. The van der Waals surface area contributed by atoms with E-state index in [1.807, 2.05) is 18.2 Å². The number of rotatable bonds is 4. The highest BCUT2D eigenvalue weighted by Crippen LogP contribution is 2.17. The van der Waals surface area contributed by atoms with Gasteiger partial charge in [0.2, 0.25) is 5.91 Å². The molecule has 1 fully saturated rings. The lowest BCUT2D eigenvalue weighted by atomic mass is 10.1. The Balaban J connectivity index is 0.00000180. The van der Waals surface area contributed by atoms with Crippen LogP contribution in [0.5, 0.6) is 0 Å². The maximum Gasteiger partial charge on any atom is 0.220 e. The first-order valence-corrected chi connectivity index (χ1v) is 7.28. The van der Waals surface area contributed by atoms with Gasteiger partial charge in [-0.3, -0.25) is 4.79 Å². The molecule has 1 aliphatic rings. The first-order valence-electron chi connectivity index (χ1n) is 6.49. The Kier molecular flexibility index (Phi) is 7.42. The van der Waals surface area contributed by atoms with Gasteiger partial charge in [-0.25, -0.2) is 0 Å². The number of carbonyl (C=O) groups is 1. The van der Waals surface area contributed by atoms with Crippen LogP contribution in [-0.4, -0.2) is 25.0 Å². The van der Waals surface area contributed by atoms with Gasteiger partial charge in [0.25, 0.3) is 0 Å². The maximum absolute atomic E-state index is 11.8. The Hall–Kier alpha value is -0.580. The fraction of sp³-hybridized carbons (Fsp3) is 0.500. The van der Waals surface area contributed by atoms with Gasteiger partial charge in [-0.05, 0) is 44.0 Å². The van der Waals surface area contributed by atoms with Crippen molar-refractivity contribution < 1.29 is 4.79 Å². The van der Waals surface area contributed by atoms with Crippen molar-refractivity contribution in [2.75, 3.05) is 13.1 Å². The summed E-state index contributed by atoms with van der Waals surface area (Å²) < 4.78 is 1.08. The first kappa shape index (κ1) is 16.5. The van der Waals surface area contributed by atoms with Crippen molar-refractivity contribution in [3.8, 4) is 0 Å².